The van der Waals surface area contributed by atoms with Crippen LogP contribution in [0.15, 0.2) is 24.3 Å². The molecule has 0 spiro atoms. The van der Waals surface area contributed by atoms with Crippen LogP contribution in [0.4, 0.5) is 11.8 Å². The number of hydrogen-bond acceptors (Lipinski definition) is 5. The molecule has 1 aliphatic rings. The Morgan fingerprint density at radius 1 is 1.11 bits per heavy atom. The lowest BCUT2D eigenvalue weighted by Crippen LogP contribution is -2.37. The van der Waals surface area contributed by atoms with E-state index in [0.29, 0.717) is 0 Å². The molecule has 0 amide bonds. The number of benzene rings is 1. The maximum absolute atomic E-state index is 5.42. The molecule has 1 saturated heterocycles. The second-order valence-electron chi connectivity index (χ2n) is 4.86. The second-order valence-corrected chi connectivity index (χ2v) is 4.86. The molecular formula is C14H18N4O. The summed E-state index contributed by atoms with van der Waals surface area (Å²) in [6, 6.07) is 8.16. The van der Waals surface area contributed by atoms with Crippen LogP contribution < -0.4 is 9.80 Å². The smallest absolute Gasteiger partial charge is 0.227 e. The van der Waals surface area contributed by atoms with Crippen molar-refractivity contribution in [3.63, 3.8) is 0 Å². The summed E-state index contributed by atoms with van der Waals surface area (Å²) in [5.41, 5.74) is 0.989. The number of fused-ring (bicyclic) bond motifs is 1. The van der Waals surface area contributed by atoms with Gasteiger partial charge in [-0.1, -0.05) is 12.1 Å². The average Bonchev–Trinajstić information content (AvgIpc) is 2.47. The summed E-state index contributed by atoms with van der Waals surface area (Å²) < 4.78 is 5.42. The van der Waals surface area contributed by atoms with E-state index >= 15 is 0 Å². The van der Waals surface area contributed by atoms with E-state index in [0.717, 1.165) is 49.0 Å². The van der Waals surface area contributed by atoms with Crippen molar-refractivity contribution in [2.75, 3.05) is 50.2 Å². The molecule has 2 aromatic rings. The molecule has 19 heavy (non-hydrogen) atoms. The Hall–Kier alpha value is -1.88. The summed E-state index contributed by atoms with van der Waals surface area (Å²) in [6.07, 6.45) is 0. The molecule has 0 unspecified atom stereocenters. The Morgan fingerprint density at radius 2 is 1.84 bits per heavy atom. The molecule has 0 aliphatic carbocycles. The van der Waals surface area contributed by atoms with Crippen LogP contribution in [-0.4, -0.2) is 50.4 Å². The van der Waals surface area contributed by atoms with Gasteiger partial charge in [-0.25, -0.2) is 4.98 Å². The molecule has 2 heterocycles. The second kappa shape index (κ2) is 5.01. The Labute approximate surface area is 112 Å². The van der Waals surface area contributed by atoms with Crippen LogP contribution in [0.3, 0.4) is 0 Å². The van der Waals surface area contributed by atoms with Gasteiger partial charge in [-0.05, 0) is 12.1 Å². The number of nitrogens with zero attached hydrogens (tertiary/aromatic N) is 4. The number of anilines is 2. The summed E-state index contributed by atoms with van der Waals surface area (Å²) in [4.78, 5) is 13.5. The largest absolute Gasteiger partial charge is 0.378 e. The number of hydrogen-bond donors (Lipinski definition) is 0. The molecule has 0 atom stereocenters. The summed E-state index contributed by atoms with van der Waals surface area (Å²) >= 11 is 0. The Balaban J connectivity index is 2.14. The number of para-hydroxylation sites is 1. The maximum atomic E-state index is 5.42. The van der Waals surface area contributed by atoms with Gasteiger partial charge in [-0.15, -0.1) is 0 Å². The zero-order valence-electron chi connectivity index (χ0n) is 11.3. The molecule has 0 radical (unpaired) electrons. The van der Waals surface area contributed by atoms with E-state index < -0.39 is 0 Å². The highest BCUT2D eigenvalue weighted by molar-refractivity contribution is 5.90. The molecule has 0 N–H and O–H groups in total. The van der Waals surface area contributed by atoms with E-state index in [2.05, 4.69) is 16.0 Å². The third kappa shape index (κ3) is 2.33. The van der Waals surface area contributed by atoms with Crippen LogP contribution in [0.2, 0.25) is 0 Å². The van der Waals surface area contributed by atoms with Crippen LogP contribution in [0.5, 0.6) is 0 Å². The summed E-state index contributed by atoms with van der Waals surface area (Å²) in [5.74, 6) is 1.76. The summed E-state index contributed by atoms with van der Waals surface area (Å²) in [5, 5.41) is 1.11. The molecule has 5 heteroatoms. The molecule has 3 rings (SSSR count). The number of rotatable bonds is 2. The lowest BCUT2D eigenvalue weighted by Gasteiger charge is -2.29. The molecule has 100 valence electrons. The first-order chi connectivity index (χ1) is 9.25. The van der Waals surface area contributed by atoms with Crippen molar-refractivity contribution in [3.05, 3.63) is 24.3 Å². The van der Waals surface area contributed by atoms with Crippen molar-refractivity contribution in [1.82, 2.24) is 9.97 Å². The fourth-order valence-electron chi connectivity index (χ4n) is 2.26. The van der Waals surface area contributed by atoms with Crippen LogP contribution >= 0.6 is 0 Å². The van der Waals surface area contributed by atoms with E-state index in [1.807, 2.05) is 37.2 Å². The van der Waals surface area contributed by atoms with E-state index in [-0.39, 0.29) is 0 Å². The number of aromatic nitrogens is 2. The van der Waals surface area contributed by atoms with Crippen LogP contribution in [0, 0.1) is 0 Å². The van der Waals surface area contributed by atoms with Crippen molar-refractivity contribution in [2.24, 2.45) is 0 Å². The lowest BCUT2D eigenvalue weighted by molar-refractivity contribution is 0.122. The standard InChI is InChI=1S/C14H18N4O/c1-17(2)14-15-12-6-4-3-5-11(12)13(16-14)18-7-9-19-10-8-18/h3-6H,7-10H2,1-2H3. The van der Waals surface area contributed by atoms with E-state index in [1.165, 1.54) is 0 Å². The molecule has 1 fully saturated rings. The van der Waals surface area contributed by atoms with Gasteiger partial charge in [0.15, 0.2) is 0 Å². The highest BCUT2D eigenvalue weighted by Crippen LogP contribution is 2.26. The van der Waals surface area contributed by atoms with Crippen molar-refractivity contribution in [3.8, 4) is 0 Å². The van der Waals surface area contributed by atoms with Crippen molar-refractivity contribution >= 4 is 22.7 Å². The number of morpholine rings is 1. The molecule has 5 nitrogen and oxygen atoms in total. The molecule has 0 saturated carbocycles. The van der Waals surface area contributed by atoms with Gasteiger partial charge in [0, 0.05) is 32.6 Å². The zero-order valence-corrected chi connectivity index (χ0v) is 11.3. The Morgan fingerprint density at radius 3 is 2.58 bits per heavy atom. The van der Waals surface area contributed by atoms with E-state index in [9.17, 15) is 0 Å². The van der Waals surface area contributed by atoms with Gasteiger partial charge < -0.3 is 14.5 Å². The first kappa shape index (κ1) is 12.2. The summed E-state index contributed by atoms with van der Waals surface area (Å²) in [7, 11) is 3.93. The van der Waals surface area contributed by atoms with Gasteiger partial charge in [-0.3, -0.25) is 0 Å². The van der Waals surface area contributed by atoms with Gasteiger partial charge in [0.25, 0.3) is 0 Å². The van der Waals surface area contributed by atoms with E-state index in [4.69, 9.17) is 9.72 Å². The highest BCUT2D eigenvalue weighted by atomic mass is 16.5. The fourth-order valence-corrected chi connectivity index (χ4v) is 2.26. The SMILES string of the molecule is CN(C)c1nc(N2CCOCC2)c2ccccc2n1. The molecule has 1 aromatic heterocycles. The van der Waals surface area contributed by atoms with Crippen molar-refractivity contribution in [1.29, 1.82) is 0 Å². The van der Waals surface area contributed by atoms with Crippen molar-refractivity contribution in [2.45, 2.75) is 0 Å². The van der Waals surface area contributed by atoms with Crippen molar-refractivity contribution < 1.29 is 4.74 Å². The molecular weight excluding hydrogens is 240 g/mol. The Kier molecular flexibility index (Phi) is 3.21. The zero-order chi connectivity index (χ0) is 13.2. The highest BCUT2D eigenvalue weighted by Gasteiger charge is 2.17. The lowest BCUT2D eigenvalue weighted by atomic mass is 10.2. The minimum atomic E-state index is 0.750. The molecule has 1 aromatic carbocycles. The van der Waals surface area contributed by atoms with Gasteiger partial charge in [0.05, 0.1) is 18.7 Å². The van der Waals surface area contributed by atoms with Gasteiger partial charge in [0.1, 0.15) is 5.82 Å². The van der Waals surface area contributed by atoms with Gasteiger partial charge in [-0.2, -0.15) is 4.98 Å². The van der Waals surface area contributed by atoms with Crippen LogP contribution in [0.25, 0.3) is 10.9 Å². The monoisotopic (exact) mass is 258 g/mol. The first-order valence-corrected chi connectivity index (χ1v) is 6.52. The topological polar surface area (TPSA) is 41.5 Å². The minimum absolute atomic E-state index is 0.750. The van der Waals surface area contributed by atoms with Gasteiger partial charge >= 0.3 is 0 Å². The third-order valence-electron chi connectivity index (χ3n) is 3.28. The van der Waals surface area contributed by atoms with Gasteiger partial charge in [0.2, 0.25) is 5.95 Å². The van der Waals surface area contributed by atoms with Crippen LogP contribution in [0.1, 0.15) is 0 Å². The minimum Gasteiger partial charge on any atom is -0.378 e. The van der Waals surface area contributed by atoms with Crippen LogP contribution in [-0.2, 0) is 4.74 Å². The Bertz CT molecular complexity index is 579. The fraction of sp³-hybridized carbons (Fsp3) is 0.429. The third-order valence-corrected chi connectivity index (χ3v) is 3.28. The van der Waals surface area contributed by atoms with E-state index in [1.54, 1.807) is 0 Å². The molecule has 0 bridgehead atoms. The number of ether oxygens (including phenoxy) is 1. The average molecular weight is 258 g/mol. The normalized spacial score (nSPS) is 15.8. The molecule has 1 aliphatic heterocycles. The predicted molar refractivity (Wildman–Crippen MR) is 76.9 cm³/mol. The maximum Gasteiger partial charge on any atom is 0.227 e. The predicted octanol–water partition coefficient (Wildman–Crippen LogP) is 1.53. The quantitative estimate of drug-likeness (QED) is 0.817. The first-order valence-electron chi connectivity index (χ1n) is 6.52. The summed E-state index contributed by atoms with van der Waals surface area (Å²) in [6.45, 7) is 3.28.